The van der Waals surface area contributed by atoms with Crippen molar-refractivity contribution in [3.05, 3.63) is 0 Å². The fourth-order valence-electron chi connectivity index (χ4n) is 6.29. The number of carbonyl (C=O) groups is 9. The number of primary amides is 1. The maximum Gasteiger partial charge on any atom is 0.326 e. The maximum atomic E-state index is 12.5. The summed E-state index contributed by atoms with van der Waals surface area (Å²) in [6, 6.07) is -2.81. The van der Waals surface area contributed by atoms with E-state index in [0.29, 0.717) is 6.42 Å². The first-order valence-electron chi connectivity index (χ1n) is 23.4. The molecule has 0 aromatic heterocycles. The van der Waals surface area contributed by atoms with Gasteiger partial charge in [0, 0.05) is 51.7 Å². The van der Waals surface area contributed by atoms with Crippen LogP contribution in [-0.4, -0.2) is 153 Å². The Morgan fingerprint density at radius 2 is 0.742 bits per heavy atom. The smallest absolute Gasteiger partial charge is 0.326 e. The quantitative estimate of drug-likeness (QED) is 0.0392. The van der Waals surface area contributed by atoms with Crippen molar-refractivity contribution in [2.75, 3.05) is 72.5 Å². The summed E-state index contributed by atoms with van der Waals surface area (Å²) in [7, 11) is 0. The Balaban J connectivity index is 3.99. The van der Waals surface area contributed by atoms with Crippen LogP contribution in [0.5, 0.6) is 0 Å². The highest BCUT2D eigenvalue weighted by molar-refractivity contribution is 5.86. The van der Waals surface area contributed by atoms with E-state index in [9.17, 15) is 53.4 Å². The highest BCUT2D eigenvalue weighted by Crippen LogP contribution is 2.14. The Bertz CT molecular complexity index is 1400. The topological polar surface area (TPSA) is 337 Å². The van der Waals surface area contributed by atoms with Crippen molar-refractivity contribution in [1.82, 2.24) is 26.6 Å². The molecule has 0 aliphatic rings. The molecule has 380 valence electrons. The third kappa shape index (κ3) is 41.8. The minimum atomic E-state index is -1.42. The van der Waals surface area contributed by atoms with Gasteiger partial charge in [0.25, 0.3) is 0 Å². The second kappa shape index (κ2) is 42.7. The summed E-state index contributed by atoms with van der Waals surface area (Å²) in [5.74, 6) is -6.34. The predicted molar refractivity (Wildman–Crippen MR) is 240 cm³/mol. The molecule has 0 saturated carbocycles. The molecule has 0 radical (unpaired) electrons. The number of hydrogen-bond donors (Lipinski definition) is 9. The van der Waals surface area contributed by atoms with Crippen molar-refractivity contribution in [1.29, 1.82) is 0 Å². The van der Waals surface area contributed by atoms with Gasteiger partial charge in [-0.05, 0) is 32.1 Å². The van der Waals surface area contributed by atoms with E-state index in [1.807, 2.05) is 0 Å². The summed E-state index contributed by atoms with van der Waals surface area (Å²) in [6.45, 7) is 1.27. The summed E-state index contributed by atoms with van der Waals surface area (Å²) in [5.41, 5.74) is 4.94. The number of nitrogens with one attached hydrogen (secondary N) is 5. The third-order valence-corrected chi connectivity index (χ3v) is 9.89. The van der Waals surface area contributed by atoms with E-state index < -0.39 is 60.0 Å². The third-order valence-electron chi connectivity index (χ3n) is 9.89. The van der Waals surface area contributed by atoms with E-state index in [0.717, 1.165) is 44.9 Å². The Morgan fingerprint density at radius 3 is 1.21 bits per heavy atom. The zero-order chi connectivity index (χ0) is 49.0. The van der Waals surface area contributed by atoms with E-state index in [2.05, 4.69) is 26.6 Å². The number of hydrogen-bond acceptors (Lipinski definition) is 13. The lowest BCUT2D eigenvalue weighted by Crippen LogP contribution is -2.44. The summed E-state index contributed by atoms with van der Waals surface area (Å²) in [6.07, 6.45) is 15.0. The second-order valence-corrected chi connectivity index (χ2v) is 15.8. The van der Waals surface area contributed by atoms with Crippen LogP contribution in [0.3, 0.4) is 0 Å². The summed E-state index contributed by atoms with van der Waals surface area (Å²) >= 11 is 0. The molecule has 0 aromatic carbocycles. The summed E-state index contributed by atoms with van der Waals surface area (Å²) < 4.78 is 20.7. The van der Waals surface area contributed by atoms with Crippen LogP contribution in [0, 0.1) is 0 Å². The van der Waals surface area contributed by atoms with Crippen molar-refractivity contribution in [2.24, 2.45) is 5.73 Å². The summed E-state index contributed by atoms with van der Waals surface area (Å²) in [4.78, 5) is 106. The van der Waals surface area contributed by atoms with Crippen LogP contribution in [0.2, 0.25) is 0 Å². The fraction of sp³-hybridized carbons (Fsp3) is 0.795. The van der Waals surface area contributed by atoms with Gasteiger partial charge in [-0.2, -0.15) is 0 Å². The minimum absolute atomic E-state index is 0.0474. The molecule has 22 nitrogen and oxygen atoms in total. The van der Waals surface area contributed by atoms with Crippen LogP contribution in [0.15, 0.2) is 0 Å². The van der Waals surface area contributed by atoms with Crippen LogP contribution in [0.1, 0.15) is 141 Å². The van der Waals surface area contributed by atoms with E-state index in [1.165, 1.54) is 44.9 Å². The molecule has 0 spiro atoms. The normalized spacial score (nSPS) is 11.8. The van der Waals surface area contributed by atoms with Gasteiger partial charge in [-0.1, -0.05) is 77.0 Å². The molecule has 0 aliphatic carbocycles. The van der Waals surface area contributed by atoms with Crippen LogP contribution >= 0.6 is 0 Å². The molecule has 0 saturated heterocycles. The first-order chi connectivity index (χ1) is 31.7. The Morgan fingerprint density at radius 1 is 0.379 bits per heavy atom. The highest BCUT2D eigenvalue weighted by Gasteiger charge is 2.24. The van der Waals surface area contributed by atoms with Gasteiger partial charge < -0.3 is 66.6 Å². The Kier molecular flexibility index (Phi) is 39.5. The standard InChI is InChI=1S/C44H78N6O16/c45-36(51)32-65-30-28-64-27-25-48-41(56)33-66-31-29-63-26-24-47-38(53)21-19-34(43(59)60)50-40(55)22-20-35(44(61)62)49-39(54)17-15-23-46-37(52)16-13-11-9-7-5-3-1-2-4-6-8-10-12-14-18-42(57)58/h34-35H,1-33H2,(H2,45,51)(H,46,52)(H,47,53)(H,48,56)(H,49,54)(H,50,55)(H,57,58)(H,59,60)(H,61,62)/t34-,35?/m0/s1. The molecule has 1 unspecified atom stereocenters. The molecular formula is C44H78N6O16. The maximum absolute atomic E-state index is 12.5. The van der Waals surface area contributed by atoms with E-state index in [1.54, 1.807) is 0 Å². The van der Waals surface area contributed by atoms with Gasteiger partial charge in [0.05, 0.1) is 39.6 Å². The molecule has 22 heteroatoms. The van der Waals surface area contributed by atoms with Gasteiger partial charge in [0.1, 0.15) is 25.3 Å². The molecule has 0 rings (SSSR count). The van der Waals surface area contributed by atoms with Crippen LogP contribution in [-0.2, 0) is 62.1 Å². The first-order valence-corrected chi connectivity index (χ1v) is 23.4. The van der Waals surface area contributed by atoms with E-state index in [4.69, 9.17) is 29.8 Å². The lowest BCUT2D eigenvalue weighted by atomic mass is 10.0. The number of carboxylic acid groups (broad SMARTS) is 3. The zero-order valence-electron chi connectivity index (χ0n) is 38.7. The summed E-state index contributed by atoms with van der Waals surface area (Å²) in [5, 5.41) is 40.3. The molecular weight excluding hydrogens is 869 g/mol. The average molecular weight is 947 g/mol. The number of carbonyl (C=O) groups excluding carboxylic acids is 6. The molecule has 6 amide bonds. The van der Waals surface area contributed by atoms with Crippen molar-refractivity contribution >= 4 is 53.4 Å². The molecule has 0 aromatic rings. The molecule has 0 aliphatic heterocycles. The SMILES string of the molecule is NC(=O)COCCOCCNC(=O)COCCOCCNC(=O)CC[C@H](NC(=O)CCC(NC(=O)CCCNC(=O)CCCCCCCCCCCCCCCCC(=O)O)C(=O)O)C(=O)O. The van der Waals surface area contributed by atoms with Gasteiger partial charge >= 0.3 is 17.9 Å². The number of nitrogens with two attached hydrogens (primary N) is 1. The molecule has 2 atom stereocenters. The van der Waals surface area contributed by atoms with Gasteiger partial charge in [-0.3, -0.25) is 33.6 Å². The van der Waals surface area contributed by atoms with Crippen LogP contribution in [0.25, 0.3) is 0 Å². The lowest BCUT2D eigenvalue weighted by Gasteiger charge is -2.17. The Hall–Kier alpha value is -4.93. The number of ether oxygens (including phenoxy) is 4. The predicted octanol–water partition coefficient (Wildman–Crippen LogP) is 1.69. The van der Waals surface area contributed by atoms with Crippen molar-refractivity contribution in [3.63, 3.8) is 0 Å². The number of amides is 6. The molecule has 0 bridgehead atoms. The van der Waals surface area contributed by atoms with Crippen LogP contribution in [0.4, 0.5) is 0 Å². The minimum Gasteiger partial charge on any atom is -0.481 e. The van der Waals surface area contributed by atoms with E-state index >= 15 is 0 Å². The monoisotopic (exact) mass is 947 g/mol. The van der Waals surface area contributed by atoms with Crippen molar-refractivity contribution in [3.8, 4) is 0 Å². The van der Waals surface area contributed by atoms with Gasteiger partial charge in [-0.25, -0.2) is 9.59 Å². The van der Waals surface area contributed by atoms with E-state index in [-0.39, 0.29) is 123 Å². The molecule has 0 fully saturated rings. The highest BCUT2D eigenvalue weighted by atomic mass is 16.5. The largest absolute Gasteiger partial charge is 0.481 e. The average Bonchev–Trinajstić information content (AvgIpc) is 3.26. The second-order valence-electron chi connectivity index (χ2n) is 15.8. The van der Waals surface area contributed by atoms with Crippen molar-refractivity contribution in [2.45, 2.75) is 153 Å². The van der Waals surface area contributed by atoms with Gasteiger partial charge in [0.2, 0.25) is 35.4 Å². The molecule has 10 N–H and O–H groups in total. The zero-order valence-corrected chi connectivity index (χ0v) is 38.7. The molecule has 66 heavy (non-hydrogen) atoms. The number of rotatable bonds is 47. The number of unbranched alkanes of at least 4 members (excludes halogenated alkanes) is 13. The fourth-order valence-corrected chi connectivity index (χ4v) is 6.29. The van der Waals surface area contributed by atoms with Gasteiger partial charge in [-0.15, -0.1) is 0 Å². The van der Waals surface area contributed by atoms with Crippen LogP contribution < -0.4 is 32.3 Å². The lowest BCUT2D eigenvalue weighted by molar-refractivity contribution is -0.143. The number of aliphatic carboxylic acids is 3. The van der Waals surface area contributed by atoms with Crippen molar-refractivity contribution < 1.29 is 77.4 Å². The molecule has 0 heterocycles. The first kappa shape index (κ1) is 61.1. The number of carboxylic acids is 3. The Labute approximate surface area is 388 Å². The van der Waals surface area contributed by atoms with Gasteiger partial charge in [0.15, 0.2) is 0 Å².